The van der Waals surface area contributed by atoms with Gasteiger partial charge in [-0.2, -0.15) is 9.87 Å². The standard InChI is InChI=1S/C26H22ClFN4O5/c1-13-10-17(15(3)36-19-7-8-20(27)31-21(19)26(29-4)32-35-12-33)24-18(11-13)22(34)14(2)23(37-24)16-6-5-9-30-25(16)28/h5-12,15H,1-4H3,(H,29,32). The number of aliphatic imine (C=N–C) groups is 1. The Balaban J connectivity index is 1.85. The van der Waals surface area contributed by atoms with Crippen molar-refractivity contribution in [3.8, 4) is 17.1 Å². The van der Waals surface area contributed by atoms with Gasteiger partial charge in [0, 0.05) is 24.4 Å². The second kappa shape index (κ2) is 10.8. The summed E-state index contributed by atoms with van der Waals surface area (Å²) in [7, 11) is 1.47. The number of pyridine rings is 2. The van der Waals surface area contributed by atoms with Crippen LogP contribution in [0.5, 0.6) is 5.75 Å². The highest BCUT2D eigenvalue weighted by Gasteiger charge is 2.23. The number of nitrogens with one attached hydrogen (secondary N) is 1. The molecule has 0 fully saturated rings. The van der Waals surface area contributed by atoms with Gasteiger partial charge in [0.05, 0.1) is 10.9 Å². The van der Waals surface area contributed by atoms with Crippen LogP contribution in [0.2, 0.25) is 5.15 Å². The Bertz CT molecular complexity index is 1590. The first-order valence-electron chi connectivity index (χ1n) is 11.1. The van der Waals surface area contributed by atoms with E-state index in [1.54, 1.807) is 32.0 Å². The molecule has 190 valence electrons. The first-order chi connectivity index (χ1) is 17.7. The molecule has 37 heavy (non-hydrogen) atoms. The molecule has 1 atom stereocenters. The summed E-state index contributed by atoms with van der Waals surface area (Å²) >= 11 is 6.08. The fourth-order valence-electron chi connectivity index (χ4n) is 3.90. The van der Waals surface area contributed by atoms with Crippen LogP contribution in [0.1, 0.15) is 35.4 Å². The van der Waals surface area contributed by atoms with Gasteiger partial charge in [-0.3, -0.25) is 14.6 Å². The molecule has 1 aromatic carbocycles. The minimum atomic E-state index is -0.751. The Labute approximate surface area is 215 Å². The van der Waals surface area contributed by atoms with E-state index in [4.69, 9.17) is 20.8 Å². The maximum Gasteiger partial charge on any atom is 0.320 e. The van der Waals surface area contributed by atoms with Crippen molar-refractivity contribution >= 4 is 34.9 Å². The fraction of sp³-hybridized carbons (Fsp3) is 0.192. The maximum atomic E-state index is 14.5. The highest BCUT2D eigenvalue weighted by molar-refractivity contribution is 6.29. The average molecular weight is 525 g/mol. The third-order valence-corrected chi connectivity index (χ3v) is 5.82. The van der Waals surface area contributed by atoms with Crippen molar-refractivity contribution < 1.29 is 23.2 Å². The summed E-state index contributed by atoms with van der Waals surface area (Å²) < 4.78 is 26.9. The molecule has 1 unspecified atom stereocenters. The van der Waals surface area contributed by atoms with Crippen LogP contribution in [0.3, 0.4) is 0 Å². The number of aryl methyl sites for hydroxylation is 1. The van der Waals surface area contributed by atoms with Gasteiger partial charge in [-0.15, -0.1) is 0 Å². The number of benzene rings is 1. The normalized spacial score (nSPS) is 12.3. The van der Waals surface area contributed by atoms with Crippen LogP contribution in [0.25, 0.3) is 22.3 Å². The summed E-state index contributed by atoms with van der Waals surface area (Å²) in [5.74, 6) is -0.297. The molecule has 0 saturated carbocycles. The summed E-state index contributed by atoms with van der Waals surface area (Å²) in [5.41, 5.74) is 4.22. The Morgan fingerprint density at radius 3 is 2.76 bits per heavy atom. The lowest BCUT2D eigenvalue weighted by atomic mass is 10.00. The number of amidine groups is 1. The van der Waals surface area contributed by atoms with Crippen LogP contribution in [-0.4, -0.2) is 29.3 Å². The molecular formula is C26H22ClFN4O5. The van der Waals surface area contributed by atoms with E-state index in [0.29, 0.717) is 10.9 Å². The Morgan fingerprint density at radius 1 is 1.27 bits per heavy atom. The number of hydroxylamine groups is 1. The predicted molar refractivity (Wildman–Crippen MR) is 136 cm³/mol. The van der Waals surface area contributed by atoms with Crippen molar-refractivity contribution in [2.45, 2.75) is 26.9 Å². The van der Waals surface area contributed by atoms with E-state index in [-0.39, 0.29) is 56.8 Å². The van der Waals surface area contributed by atoms with Crippen LogP contribution < -0.4 is 15.6 Å². The van der Waals surface area contributed by atoms with E-state index in [1.165, 1.54) is 25.4 Å². The molecule has 0 radical (unpaired) electrons. The number of ether oxygens (including phenoxy) is 1. The minimum absolute atomic E-state index is 0.0772. The van der Waals surface area contributed by atoms with Gasteiger partial charge in [0.1, 0.15) is 28.3 Å². The van der Waals surface area contributed by atoms with Crippen LogP contribution in [-0.2, 0) is 9.63 Å². The lowest BCUT2D eigenvalue weighted by Crippen LogP contribution is -2.26. The highest BCUT2D eigenvalue weighted by Crippen LogP contribution is 2.34. The molecule has 3 aromatic heterocycles. The first kappa shape index (κ1) is 25.8. The third-order valence-electron chi connectivity index (χ3n) is 5.61. The molecular weight excluding hydrogens is 503 g/mol. The molecule has 0 bridgehead atoms. The monoisotopic (exact) mass is 524 g/mol. The number of nitrogens with zero attached hydrogens (tertiary/aromatic N) is 3. The molecule has 11 heteroatoms. The van der Waals surface area contributed by atoms with Crippen LogP contribution in [0, 0.1) is 19.8 Å². The van der Waals surface area contributed by atoms with Gasteiger partial charge in [-0.25, -0.2) is 9.97 Å². The summed E-state index contributed by atoms with van der Waals surface area (Å²) in [6.45, 7) is 5.39. The SMILES string of the molecule is CN=C(NOC=O)c1nc(Cl)ccc1OC(C)c1cc(C)cc2c(=O)c(C)c(-c3cccnc3F)oc12. The first-order valence-corrected chi connectivity index (χ1v) is 11.5. The molecule has 4 rings (SSSR count). The molecule has 0 saturated heterocycles. The van der Waals surface area contributed by atoms with E-state index in [1.807, 2.05) is 13.0 Å². The van der Waals surface area contributed by atoms with E-state index in [2.05, 4.69) is 25.3 Å². The molecule has 3 heterocycles. The lowest BCUT2D eigenvalue weighted by Gasteiger charge is -2.20. The zero-order valence-corrected chi connectivity index (χ0v) is 21.1. The average Bonchev–Trinajstić information content (AvgIpc) is 2.88. The minimum Gasteiger partial charge on any atom is -0.483 e. The number of aromatic nitrogens is 2. The predicted octanol–water partition coefficient (Wildman–Crippen LogP) is 4.85. The molecule has 0 aliphatic carbocycles. The second-order valence-electron chi connectivity index (χ2n) is 8.09. The van der Waals surface area contributed by atoms with Gasteiger partial charge in [0.2, 0.25) is 5.95 Å². The van der Waals surface area contributed by atoms with Gasteiger partial charge in [-0.1, -0.05) is 11.6 Å². The third kappa shape index (κ3) is 5.14. The summed E-state index contributed by atoms with van der Waals surface area (Å²) in [5, 5.41) is 0.497. The quantitative estimate of drug-likeness (QED) is 0.120. The van der Waals surface area contributed by atoms with E-state index in [9.17, 15) is 14.0 Å². The molecule has 0 aliphatic heterocycles. The van der Waals surface area contributed by atoms with Gasteiger partial charge in [0.25, 0.3) is 0 Å². The zero-order valence-electron chi connectivity index (χ0n) is 20.3. The number of carbonyl (C=O) groups excluding carboxylic acids is 1. The fourth-order valence-corrected chi connectivity index (χ4v) is 4.05. The molecule has 0 aliphatic rings. The maximum absolute atomic E-state index is 14.5. The van der Waals surface area contributed by atoms with Crippen molar-refractivity contribution in [1.82, 2.24) is 15.4 Å². The highest BCUT2D eigenvalue weighted by atomic mass is 35.5. The molecule has 0 amide bonds. The largest absolute Gasteiger partial charge is 0.483 e. The number of hydrogen-bond acceptors (Lipinski definition) is 8. The molecule has 4 aromatic rings. The van der Waals surface area contributed by atoms with Crippen LogP contribution >= 0.6 is 11.6 Å². The molecule has 9 nitrogen and oxygen atoms in total. The zero-order chi connectivity index (χ0) is 26.7. The van der Waals surface area contributed by atoms with Crippen molar-refractivity contribution in [2.24, 2.45) is 4.99 Å². The van der Waals surface area contributed by atoms with E-state index in [0.717, 1.165) is 5.56 Å². The smallest absolute Gasteiger partial charge is 0.320 e. The van der Waals surface area contributed by atoms with Gasteiger partial charge < -0.3 is 14.0 Å². The van der Waals surface area contributed by atoms with E-state index >= 15 is 0 Å². The molecule has 1 N–H and O–H groups in total. The topological polar surface area (TPSA) is 116 Å². The summed E-state index contributed by atoms with van der Waals surface area (Å²) in [6, 6.07) is 9.71. The number of rotatable bonds is 7. The number of hydrogen-bond donors (Lipinski definition) is 1. The number of halogens is 2. The van der Waals surface area contributed by atoms with Crippen molar-refractivity contribution in [2.75, 3.05) is 7.05 Å². The lowest BCUT2D eigenvalue weighted by molar-refractivity contribution is -0.132. The van der Waals surface area contributed by atoms with E-state index < -0.39 is 12.1 Å². The number of fused-ring (bicyclic) bond motifs is 1. The summed E-state index contributed by atoms with van der Waals surface area (Å²) in [6.07, 6.45) is 0.644. The van der Waals surface area contributed by atoms with Crippen LogP contribution in [0.4, 0.5) is 4.39 Å². The Morgan fingerprint density at radius 2 is 2.05 bits per heavy atom. The Hall–Kier alpha value is -4.31. The van der Waals surface area contributed by atoms with Gasteiger partial charge in [-0.05, 0) is 62.7 Å². The molecule has 0 spiro atoms. The van der Waals surface area contributed by atoms with Gasteiger partial charge in [0.15, 0.2) is 17.0 Å². The van der Waals surface area contributed by atoms with Crippen molar-refractivity contribution in [3.05, 3.63) is 86.3 Å². The van der Waals surface area contributed by atoms with Crippen LogP contribution in [0.15, 0.2) is 56.8 Å². The van der Waals surface area contributed by atoms with Crippen molar-refractivity contribution in [1.29, 1.82) is 0 Å². The number of carbonyl (C=O) groups is 1. The van der Waals surface area contributed by atoms with Crippen molar-refractivity contribution in [3.63, 3.8) is 0 Å². The van der Waals surface area contributed by atoms with Gasteiger partial charge >= 0.3 is 6.47 Å². The summed E-state index contributed by atoms with van der Waals surface area (Å²) in [4.78, 5) is 40.5. The second-order valence-corrected chi connectivity index (χ2v) is 8.47. The Kier molecular flexibility index (Phi) is 7.49.